The van der Waals surface area contributed by atoms with Crippen molar-refractivity contribution < 1.29 is 18.7 Å². The molecular weight excluding hydrogens is 300 g/mol. The standard InChI is InChI=1S/C16H12N2O5/c19-9-2-4-13-10(6-9)12(20)7-15(22-13)17-8-1-3-11-14(5-8)23-16(21)18-11/h1,3-6,15,17H,2,7H2,(H,18,21). The average Bonchev–Trinajstić information content (AvgIpc) is 2.87. The summed E-state index contributed by atoms with van der Waals surface area (Å²) < 4.78 is 10.7. The number of anilines is 1. The van der Waals surface area contributed by atoms with Gasteiger partial charge >= 0.3 is 5.76 Å². The number of Topliss-reactive ketones (excluding diaryl/α,β-unsaturated/α-hetero) is 1. The summed E-state index contributed by atoms with van der Waals surface area (Å²) in [6.45, 7) is 0. The predicted octanol–water partition coefficient (Wildman–Crippen LogP) is 1.63. The van der Waals surface area contributed by atoms with E-state index in [0.717, 1.165) is 0 Å². The average molecular weight is 312 g/mol. The molecule has 1 atom stereocenters. The van der Waals surface area contributed by atoms with Gasteiger partial charge in [0.15, 0.2) is 23.4 Å². The highest BCUT2D eigenvalue weighted by Gasteiger charge is 2.31. The molecule has 7 heteroatoms. The van der Waals surface area contributed by atoms with E-state index in [4.69, 9.17) is 9.15 Å². The SMILES string of the molecule is O=C1C=C2C(=O)CC(Nc3ccc4[nH]c(=O)oc4c3)OC2=CC1. The molecule has 1 aromatic heterocycles. The summed E-state index contributed by atoms with van der Waals surface area (Å²) in [4.78, 5) is 37.2. The Balaban J connectivity index is 1.57. The van der Waals surface area contributed by atoms with Gasteiger partial charge in [0.05, 0.1) is 17.5 Å². The van der Waals surface area contributed by atoms with Gasteiger partial charge < -0.3 is 14.5 Å². The number of nitrogens with one attached hydrogen (secondary N) is 2. The summed E-state index contributed by atoms with van der Waals surface area (Å²) in [5.74, 6) is -0.317. The number of carbonyl (C=O) groups is 2. The number of aromatic nitrogens is 1. The molecule has 0 radical (unpaired) electrons. The number of aromatic amines is 1. The highest BCUT2D eigenvalue weighted by atomic mass is 16.5. The minimum atomic E-state index is -0.540. The van der Waals surface area contributed by atoms with Gasteiger partial charge in [-0.3, -0.25) is 14.6 Å². The number of ketones is 2. The first-order valence-electron chi connectivity index (χ1n) is 7.13. The smallest absolute Gasteiger partial charge is 0.417 e. The first-order chi connectivity index (χ1) is 11.1. The Morgan fingerprint density at radius 2 is 2.09 bits per heavy atom. The maximum absolute atomic E-state index is 12.1. The van der Waals surface area contributed by atoms with Crippen LogP contribution in [0.25, 0.3) is 11.1 Å². The van der Waals surface area contributed by atoms with E-state index in [1.165, 1.54) is 6.08 Å². The van der Waals surface area contributed by atoms with Crippen LogP contribution < -0.4 is 11.1 Å². The molecule has 0 bridgehead atoms. The summed E-state index contributed by atoms with van der Waals surface area (Å²) in [6, 6.07) is 5.12. The maximum Gasteiger partial charge on any atom is 0.417 e. The number of ether oxygens (including phenoxy) is 1. The zero-order chi connectivity index (χ0) is 16.0. The van der Waals surface area contributed by atoms with Crippen molar-refractivity contribution in [1.82, 2.24) is 4.98 Å². The second kappa shape index (κ2) is 4.98. The quantitative estimate of drug-likeness (QED) is 0.874. The molecule has 1 fully saturated rings. The van der Waals surface area contributed by atoms with Gasteiger partial charge in [-0.15, -0.1) is 0 Å². The van der Waals surface area contributed by atoms with E-state index in [1.807, 2.05) is 0 Å². The third-order valence-electron chi connectivity index (χ3n) is 3.75. The Morgan fingerprint density at radius 3 is 2.96 bits per heavy atom. The second-order valence-electron chi connectivity index (χ2n) is 5.40. The number of hydrogen-bond donors (Lipinski definition) is 2. The summed E-state index contributed by atoms with van der Waals surface area (Å²) in [5, 5.41) is 3.08. The van der Waals surface area contributed by atoms with Crippen LogP contribution in [0.5, 0.6) is 0 Å². The number of carbonyl (C=O) groups excluding carboxylic acids is 2. The Kier molecular flexibility index (Phi) is 2.94. The molecule has 0 amide bonds. The fourth-order valence-corrected chi connectivity index (χ4v) is 2.70. The lowest BCUT2D eigenvalue weighted by Gasteiger charge is -2.29. The molecule has 2 heterocycles. The van der Waals surface area contributed by atoms with E-state index in [0.29, 0.717) is 28.1 Å². The molecule has 1 saturated heterocycles. The molecular formula is C16H12N2O5. The van der Waals surface area contributed by atoms with Crippen molar-refractivity contribution in [3.63, 3.8) is 0 Å². The number of rotatable bonds is 2. The third-order valence-corrected chi connectivity index (χ3v) is 3.75. The molecule has 0 spiro atoms. The third kappa shape index (κ3) is 2.46. The summed E-state index contributed by atoms with van der Waals surface area (Å²) >= 11 is 0. The van der Waals surface area contributed by atoms with Crippen LogP contribution in [0, 0.1) is 0 Å². The van der Waals surface area contributed by atoms with Crippen LogP contribution in [-0.2, 0) is 14.3 Å². The van der Waals surface area contributed by atoms with Gasteiger partial charge in [0, 0.05) is 18.2 Å². The molecule has 1 unspecified atom stereocenters. The van der Waals surface area contributed by atoms with Crippen LogP contribution in [0.15, 0.2) is 50.9 Å². The van der Waals surface area contributed by atoms with Gasteiger partial charge in [-0.25, -0.2) is 4.79 Å². The Morgan fingerprint density at radius 1 is 1.22 bits per heavy atom. The molecule has 4 rings (SSSR count). The van der Waals surface area contributed by atoms with Crippen molar-refractivity contribution in [2.75, 3.05) is 5.32 Å². The Bertz CT molecular complexity index is 947. The van der Waals surface area contributed by atoms with Crippen LogP contribution in [0.2, 0.25) is 0 Å². The molecule has 0 saturated carbocycles. The van der Waals surface area contributed by atoms with Crippen LogP contribution in [0.1, 0.15) is 12.8 Å². The summed E-state index contributed by atoms with van der Waals surface area (Å²) in [6.07, 6.45) is 2.78. The molecule has 1 aromatic carbocycles. The molecule has 116 valence electrons. The highest BCUT2D eigenvalue weighted by molar-refractivity contribution is 6.08. The highest BCUT2D eigenvalue weighted by Crippen LogP contribution is 2.29. The molecule has 23 heavy (non-hydrogen) atoms. The van der Waals surface area contributed by atoms with E-state index in [9.17, 15) is 14.4 Å². The van der Waals surface area contributed by atoms with E-state index >= 15 is 0 Å². The largest absolute Gasteiger partial charge is 0.470 e. The molecule has 2 aromatic rings. The number of H-pyrrole nitrogens is 1. The van der Waals surface area contributed by atoms with Gasteiger partial charge in [-0.1, -0.05) is 0 Å². The molecule has 2 N–H and O–H groups in total. The monoisotopic (exact) mass is 312 g/mol. The van der Waals surface area contributed by atoms with E-state index < -0.39 is 12.0 Å². The lowest BCUT2D eigenvalue weighted by atomic mass is 9.96. The lowest BCUT2D eigenvalue weighted by Crippen LogP contribution is -2.33. The van der Waals surface area contributed by atoms with E-state index in [2.05, 4.69) is 10.3 Å². The maximum atomic E-state index is 12.1. The Labute approximate surface area is 129 Å². The van der Waals surface area contributed by atoms with Gasteiger partial charge in [-0.2, -0.15) is 0 Å². The van der Waals surface area contributed by atoms with Crippen LogP contribution in [0.3, 0.4) is 0 Å². The summed E-state index contributed by atoms with van der Waals surface area (Å²) in [7, 11) is 0. The van der Waals surface area contributed by atoms with E-state index in [-0.39, 0.29) is 24.4 Å². The van der Waals surface area contributed by atoms with Crippen molar-refractivity contribution in [3.8, 4) is 0 Å². The number of fused-ring (bicyclic) bond motifs is 2. The van der Waals surface area contributed by atoms with Crippen LogP contribution in [0.4, 0.5) is 5.69 Å². The van der Waals surface area contributed by atoms with Crippen molar-refractivity contribution in [3.05, 3.63) is 52.2 Å². The zero-order valence-corrected chi connectivity index (χ0v) is 11.9. The van der Waals surface area contributed by atoms with Crippen molar-refractivity contribution in [2.45, 2.75) is 19.1 Å². The van der Waals surface area contributed by atoms with Crippen LogP contribution in [-0.4, -0.2) is 22.8 Å². The number of benzene rings is 1. The summed E-state index contributed by atoms with van der Waals surface area (Å²) in [5.41, 5.74) is 2.02. The minimum absolute atomic E-state index is 0.0972. The molecule has 1 aliphatic carbocycles. The van der Waals surface area contributed by atoms with Gasteiger partial charge in [-0.05, 0) is 24.3 Å². The number of allylic oxidation sites excluding steroid dienone is 3. The second-order valence-corrected chi connectivity index (χ2v) is 5.40. The Hall–Kier alpha value is -3.09. The topological polar surface area (TPSA) is 101 Å². The molecule has 7 nitrogen and oxygen atoms in total. The first-order valence-corrected chi connectivity index (χ1v) is 7.13. The lowest BCUT2D eigenvalue weighted by molar-refractivity contribution is -0.121. The van der Waals surface area contributed by atoms with Gasteiger partial charge in [0.1, 0.15) is 5.76 Å². The number of hydrogen-bond acceptors (Lipinski definition) is 6. The predicted molar refractivity (Wildman–Crippen MR) is 80.7 cm³/mol. The minimum Gasteiger partial charge on any atom is -0.470 e. The molecule has 1 aliphatic heterocycles. The first kappa shape index (κ1) is 13.6. The zero-order valence-electron chi connectivity index (χ0n) is 11.9. The van der Waals surface area contributed by atoms with Gasteiger partial charge in [0.25, 0.3) is 0 Å². The fourth-order valence-electron chi connectivity index (χ4n) is 2.70. The van der Waals surface area contributed by atoms with Crippen LogP contribution >= 0.6 is 0 Å². The fraction of sp³-hybridized carbons (Fsp3) is 0.188. The van der Waals surface area contributed by atoms with Crippen molar-refractivity contribution in [1.29, 1.82) is 0 Å². The van der Waals surface area contributed by atoms with Crippen molar-refractivity contribution >= 4 is 28.4 Å². The van der Waals surface area contributed by atoms with Crippen molar-refractivity contribution in [2.24, 2.45) is 0 Å². The normalized spacial score (nSPS) is 20.6. The number of oxazole rings is 1. The van der Waals surface area contributed by atoms with E-state index in [1.54, 1.807) is 24.3 Å². The molecule has 2 aliphatic rings. The van der Waals surface area contributed by atoms with Gasteiger partial charge in [0.2, 0.25) is 0 Å².